The lowest BCUT2D eigenvalue weighted by molar-refractivity contribution is -0.143. The molecule has 2 aliphatic rings. The number of carbonyl (C=O) groups is 2. The van der Waals surface area contributed by atoms with Crippen molar-refractivity contribution in [3.05, 3.63) is 0 Å². The van der Waals surface area contributed by atoms with Crippen LogP contribution >= 0.6 is 0 Å². The van der Waals surface area contributed by atoms with Gasteiger partial charge in [-0.3, -0.25) is 9.59 Å². The van der Waals surface area contributed by atoms with Crippen molar-refractivity contribution in [1.82, 2.24) is 5.32 Å². The Kier molecular flexibility index (Phi) is 4.45. The fraction of sp³-hybridized carbons (Fsp3) is 0.857. The van der Waals surface area contributed by atoms with E-state index in [1.54, 1.807) is 0 Å². The Morgan fingerprint density at radius 3 is 2.42 bits per heavy atom. The topological polar surface area (TPSA) is 92.4 Å². The molecule has 1 amide bonds. The maximum Gasteiger partial charge on any atom is 0.308 e. The molecule has 108 valence electrons. The van der Waals surface area contributed by atoms with Gasteiger partial charge in [0, 0.05) is 18.0 Å². The van der Waals surface area contributed by atoms with Crippen LogP contribution in [-0.4, -0.2) is 28.6 Å². The van der Waals surface area contributed by atoms with Crippen LogP contribution in [-0.2, 0) is 9.59 Å². The van der Waals surface area contributed by atoms with Gasteiger partial charge in [0.25, 0.3) is 0 Å². The van der Waals surface area contributed by atoms with Crippen LogP contribution in [0.15, 0.2) is 0 Å². The molecule has 4 N–H and O–H groups in total. The highest BCUT2D eigenvalue weighted by Crippen LogP contribution is 2.32. The molecule has 19 heavy (non-hydrogen) atoms. The van der Waals surface area contributed by atoms with E-state index in [1.165, 1.54) is 0 Å². The fourth-order valence-corrected chi connectivity index (χ4v) is 3.16. The molecule has 2 rings (SSSR count). The second kappa shape index (κ2) is 5.90. The van der Waals surface area contributed by atoms with E-state index in [4.69, 9.17) is 5.73 Å². The zero-order valence-electron chi connectivity index (χ0n) is 11.4. The first-order valence-electron chi connectivity index (χ1n) is 7.31. The number of hydrogen-bond acceptors (Lipinski definition) is 3. The Labute approximate surface area is 113 Å². The molecule has 0 aromatic carbocycles. The average Bonchev–Trinajstić information content (AvgIpc) is 2.52. The molecule has 0 bridgehead atoms. The first-order chi connectivity index (χ1) is 9.00. The third-order valence-electron chi connectivity index (χ3n) is 4.54. The van der Waals surface area contributed by atoms with Gasteiger partial charge in [-0.2, -0.15) is 0 Å². The van der Waals surface area contributed by atoms with Gasteiger partial charge >= 0.3 is 5.97 Å². The van der Waals surface area contributed by atoms with Gasteiger partial charge in [-0.15, -0.1) is 0 Å². The monoisotopic (exact) mass is 268 g/mol. The van der Waals surface area contributed by atoms with Gasteiger partial charge in [-0.1, -0.05) is 19.3 Å². The predicted octanol–water partition coefficient (Wildman–Crippen LogP) is 1.41. The maximum absolute atomic E-state index is 12.0. The van der Waals surface area contributed by atoms with Crippen molar-refractivity contribution < 1.29 is 14.7 Å². The molecule has 2 atom stereocenters. The normalized spacial score (nSPS) is 29.9. The number of nitrogens with two attached hydrogens (primary N) is 1. The van der Waals surface area contributed by atoms with Crippen LogP contribution in [0.5, 0.6) is 0 Å². The third kappa shape index (κ3) is 3.69. The Morgan fingerprint density at radius 1 is 1.16 bits per heavy atom. The van der Waals surface area contributed by atoms with Crippen LogP contribution in [0.3, 0.4) is 0 Å². The first kappa shape index (κ1) is 14.3. The number of aliphatic carboxylic acids is 1. The molecule has 2 unspecified atom stereocenters. The van der Waals surface area contributed by atoms with E-state index in [2.05, 4.69) is 5.32 Å². The van der Waals surface area contributed by atoms with Crippen LogP contribution in [0.2, 0.25) is 0 Å². The highest BCUT2D eigenvalue weighted by Gasteiger charge is 2.36. The summed E-state index contributed by atoms with van der Waals surface area (Å²) in [5.74, 6) is -1.32. The number of rotatable bonds is 4. The van der Waals surface area contributed by atoms with E-state index in [-0.39, 0.29) is 17.5 Å². The summed E-state index contributed by atoms with van der Waals surface area (Å²) in [4.78, 5) is 23.3. The molecule has 2 saturated carbocycles. The molecule has 2 aliphatic carbocycles. The van der Waals surface area contributed by atoms with E-state index in [0.717, 1.165) is 44.9 Å². The summed E-state index contributed by atoms with van der Waals surface area (Å²) in [5.41, 5.74) is 5.72. The van der Waals surface area contributed by atoms with Crippen molar-refractivity contribution in [3.63, 3.8) is 0 Å². The summed E-state index contributed by atoms with van der Waals surface area (Å²) in [6.45, 7) is 0. The number of nitrogens with one attached hydrogen (secondary N) is 1. The van der Waals surface area contributed by atoms with E-state index in [9.17, 15) is 14.7 Å². The van der Waals surface area contributed by atoms with Crippen molar-refractivity contribution >= 4 is 11.9 Å². The summed E-state index contributed by atoms with van der Waals surface area (Å²) < 4.78 is 0. The number of carboxylic acid groups (broad SMARTS) is 1. The number of hydrogen-bond donors (Lipinski definition) is 3. The fourth-order valence-electron chi connectivity index (χ4n) is 3.16. The maximum atomic E-state index is 12.0. The lowest BCUT2D eigenvalue weighted by atomic mass is 9.75. The van der Waals surface area contributed by atoms with E-state index < -0.39 is 11.9 Å². The van der Waals surface area contributed by atoms with Gasteiger partial charge in [0.2, 0.25) is 5.91 Å². The first-order valence-corrected chi connectivity index (χ1v) is 7.31. The minimum atomic E-state index is -0.793. The SMILES string of the molecule is NC1(CC(=O)NC2CCCCCC2C(=O)O)CCC1. The van der Waals surface area contributed by atoms with Crippen molar-refractivity contribution in [2.45, 2.75) is 69.4 Å². The van der Waals surface area contributed by atoms with Crippen LogP contribution < -0.4 is 11.1 Å². The molecule has 5 nitrogen and oxygen atoms in total. The van der Waals surface area contributed by atoms with E-state index >= 15 is 0 Å². The minimum absolute atomic E-state index is 0.0830. The smallest absolute Gasteiger partial charge is 0.308 e. The van der Waals surface area contributed by atoms with Crippen LogP contribution in [0.25, 0.3) is 0 Å². The Hall–Kier alpha value is -1.10. The minimum Gasteiger partial charge on any atom is -0.481 e. The second-order valence-electron chi connectivity index (χ2n) is 6.15. The molecule has 0 saturated heterocycles. The highest BCUT2D eigenvalue weighted by atomic mass is 16.4. The lowest BCUT2D eigenvalue weighted by Gasteiger charge is -2.38. The summed E-state index contributed by atoms with van der Waals surface area (Å²) in [5, 5.41) is 12.2. The summed E-state index contributed by atoms with van der Waals surface area (Å²) in [6.07, 6.45) is 7.61. The van der Waals surface area contributed by atoms with Crippen LogP contribution in [0, 0.1) is 5.92 Å². The number of amides is 1. The summed E-state index contributed by atoms with van der Waals surface area (Å²) in [7, 11) is 0. The number of carboxylic acids is 1. The average molecular weight is 268 g/mol. The van der Waals surface area contributed by atoms with Crippen molar-refractivity contribution in [2.24, 2.45) is 11.7 Å². The van der Waals surface area contributed by atoms with Crippen molar-refractivity contribution in [2.75, 3.05) is 0 Å². The molecular formula is C14H24N2O3. The number of carbonyl (C=O) groups excluding carboxylic acids is 1. The molecule has 0 aromatic heterocycles. The molecule has 0 radical (unpaired) electrons. The second-order valence-corrected chi connectivity index (χ2v) is 6.15. The standard InChI is InChI=1S/C14H24N2O3/c15-14(7-4-8-14)9-12(17)16-11-6-3-1-2-5-10(11)13(18)19/h10-11H,1-9,15H2,(H,16,17)(H,18,19). The molecule has 0 spiro atoms. The highest BCUT2D eigenvalue weighted by molar-refractivity contribution is 5.79. The molecule has 5 heteroatoms. The summed E-state index contributed by atoms with van der Waals surface area (Å²) in [6, 6.07) is -0.226. The summed E-state index contributed by atoms with van der Waals surface area (Å²) >= 11 is 0. The van der Waals surface area contributed by atoms with Gasteiger partial charge in [0.15, 0.2) is 0 Å². The molecule has 2 fully saturated rings. The quantitative estimate of drug-likeness (QED) is 0.672. The lowest BCUT2D eigenvalue weighted by Crippen LogP contribution is -2.52. The molecular weight excluding hydrogens is 244 g/mol. The molecule has 0 aliphatic heterocycles. The molecule has 0 heterocycles. The van der Waals surface area contributed by atoms with Crippen molar-refractivity contribution in [1.29, 1.82) is 0 Å². The van der Waals surface area contributed by atoms with Crippen LogP contribution in [0.4, 0.5) is 0 Å². The van der Waals surface area contributed by atoms with E-state index in [0.29, 0.717) is 12.8 Å². The zero-order chi connectivity index (χ0) is 13.9. The largest absolute Gasteiger partial charge is 0.481 e. The van der Waals surface area contributed by atoms with Gasteiger partial charge in [0.1, 0.15) is 0 Å². The Bertz CT molecular complexity index is 353. The van der Waals surface area contributed by atoms with Gasteiger partial charge in [-0.05, 0) is 32.1 Å². The van der Waals surface area contributed by atoms with Gasteiger partial charge in [-0.25, -0.2) is 0 Å². The molecule has 0 aromatic rings. The van der Waals surface area contributed by atoms with Gasteiger partial charge in [0.05, 0.1) is 5.92 Å². The predicted molar refractivity (Wildman–Crippen MR) is 71.5 cm³/mol. The zero-order valence-corrected chi connectivity index (χ0v) is 11.4. The Morgan fingerprint density at radius 2 is 1.84 bits per heavy atom. The van der Waals surface area contributed by atoms with Gasteiger partial charge < -0.3 is 16.2 Å². The van der Waals surface area contributed by atoms with E-state index in [1.807, 2.05) is 0 Å². The third-order valence-corrected chi connectivity index (χ3v) is 4.54. The van der Waals surface area contributed by atoms with Crippen LogP contribution in [0.1, 0.15) is 57.8 Å². The van der Waals surface area contributed by atoms with Crippen molar-refractivity contribution in [3.8, 4) is 0 Å². The Balaban J connectivity index is 1.90.